The number of sulfonamides is 1. The molecule has 0 saturated carbocycles. The zero-order chi connectivity index (χ0) is 19.3. The van der Waals surface area contributed by atoms with Crippen LogP contribution in [0.1, 0.15) is 17.7 Å². The maximum atomic E-state index is 12.5. The molecule has 0 unspecified atom stereocenters. The average Bonchev–Trinajstić information content (AvgIpc) is 3.28. The highest BCUT2D eigenvalue weighted by atomic mass is 32.2. The van der Waals surface area contributed by atoms with Gasteiger partial charge in [-0.05, 0) is 42.5 Å². The van der Waals surface area contributed by atoms with Gasteiger partial charge in [-0.25, -0.2) is 13.6 Å². The Bertz CT molecular complexity index is 862. The fraction of sp³-hybridized carbons (Fsp3) is 0.389. The van der Waals surface area contributed by atoms with Crippen LogP contribution in [0.3, 0.4) is 0 Å². The second-order valence-electron chi connectivity index (χ2n) is 6.51. The normalized spacial score (nSPS) is 17.3. The van der Waals surface area contributed by atoms with Crippen LogP contribution in [0.5, 0.6) is 0 Å². The quantitative estimate of drug-likeness (QED) is 0.694. The minimum atomic E-state index is -3.81. The van der Waals surface area contributed by atoms with Crippen LogP contribution in [0.4, 0.5) is 5.69 Å². The van der Waals surface area contributed by atoms with E-state index in [0.717, 1.165) is 19.4 Å². The summed E-state index contributed by atoms with van der Waals surface area (Å²) in [4.78, 5) is 15.7. The first-order chi connectivity index (χ1) is 12.9. The molecule has 0 bridgehead atoms. The Morgan fingerprint density at radius 2 is 2.19 bits per heavy atom. The molecule has 1 fully saturated rings. The Morgan fingerprint density at radius 1 is 1.33 bits per heavy atom. The van der Waals surface area contributed by atoms with E-state index in [4.69, 9.17) is 9.88 Å². The van der Waals surface area contributed by atoms with E-state index in [9.17, 15) is 13.2 Å². The summed E-state index contributed by atoms with van der Waals surface area (Å²) in [5.74, 6) is -0.212. The van der Waals surface area contributed by atoms with Crippen molar-refractivity contribution in [2.75, 3.05) is 25.0 Å². The molecule has 146 valence electrons. The number of primary sulfonamides is 1. The fourth-order valence-corrected chi connectivity index (χ4v) is 4.34. The van der Waals surface area contributed by atoms with E-state index in [0.29, 0.717) is 18.8 Å². The second kappa shape index (κ2) is 8.94. The Balaban J connectivity index is 1.64. The number of anilines is 1. The third kappa shape index (κ3) is 6.12. The van der Waals surface area contributed by atoms with Crippen molar-refractivity contribution in [2.45, 2.75) is 30.4 Å². The van der Waals surface area contributed by atoms with Gasteiger partial charge in [0.15, 0.2) is 0 Å². The van der Waals surface area contributed by atoms with Gasteiger partial charge in [-0.15, -0.1) is 11.3 Å². The van der Waals surface area contributed by atoms with Crippen molar-refractivity contribution >= 4 is 33.0 Å². The van der Waals surface area contributed by atoms with Crippen LogP contribution in [0.15, 0.2) is 46.7 Å². The highest BCUT2D eigenvalue weighted by molar-refractivity contribution is 7.89. The molecule has 1 aromatic carbocycles. The summed E-state index contributed by atoms with van der Waals surface area (Å²) in [6.45, 7) is 2.31. The van der Waals surface area contributed by atoms with Crippen molar-refractivity contribution in [2.24, 2.45) is 5.14 Å². The zero-order valence-corrected chi connectivity index (χ0v) is 16.5. The van der Waals surface area contributed by atoms with Gasteiger partial charge in [0, 0.05) is 30.3 Å². The van der Waals surface area contributed by atoms with E-state index in [2.05, 4.69) is 10.2 Å². The maximum Gasteiger partial charge on any atom is 0.238 e. The largest absolute Gasteiger partial charge is 0.377 e. The first-order valence-corrected chi connectivity index (χ1v) is 11.1. The lowest BCUT2D eigenvalue weighted by atomic mass is 10.2. The van der Waals surface area contributed by atoms with Gasteiger partial charge in [0.1, 0.15) is 0 Å². The molecule has 7 nitrogen and oxygen atoms in total. The van der Waals surface area contributed by atoms with Crippen LogP contribution in [-0.4, -0.2) is 45.0 Å². The van der Waals surface area contributed by atoms with Gasteiger partial charge in [-0.2, -0.15) is 0 Å². The summed E-state index contributed by atoms with van der Waals surface area (Å²) in [6, 6.07) is 9.97. The molecule has 1 amide bonds. The molecule has 3 rings (SSSR count). The number of carbonyl (C=O) groups is 1. The number of nitrogens with one attached hydrogen (secondary N) is 1. The number of benzene rings is 1. The van der Waals surface area contributed by atoms with E-state index in [1.54, 1.807) is 23.5 Å². The van der Waals surface area contributed by atoms with Crippen molar-refractivity contribution < 1.29 is 17.9 Å². The molecule has 3 N–H and O–H groups in total. The lowest BCUT2D eigenvalue weighted by Gasteiger charge is -2.24. The number of rotatable bonds is 8. The number of hydrogen-bond acceptors (Lipinski definition) is 6. The summed E-state index contributed by atoms with van der Waals surface area (Å²) >= 11 is 1.65. The molecule has 27 heavy (non-hydrogen) atoms. The molecule has 0 spiro atoms. The Kier molecular flexibility index (Phi) is 6.61. The number of nitrogens with zero attached hydrogens (tertiary/aromatic N) is 1. The zero-order valence-electron chi connectivity index (χ0n) is 14.8. The summed E-state index contributed by atoms with van der Waals surface area (Å²) in [6.07, 6.45) is 2.19. The van der Waals surface area contributed by atoms with Crippen LogP contribution < -0.4 is 10.5 Å². The lowest BCUT2D eigenvalue weighted by Crippen LogP contribution is -2.37. The summed E-state index contributed by atoms with van der Waals surface area (Å²) < 4.78 is 28.6. The van der Waals surface area contributed by atoms with Gasteiger partial charge in [-0.3, -0.25) is 9.69 Å². The van der Waals surface area contributed by atoms with Crippen LogP contribution >= 0.6 is 11.3 Å². The fourth-order valence-electron chi connectivity index (χ4n) is 3.04. The standard InChI is InChI=1S/C18H23N3O4S2/c19-27(23,24)17-7-1-4-14(10-17)20-18(22)13-21(11-15-5-2-8-25-15)12-16-6-3-9-26-16/h1,3-4,6-7,9-10,15H,2,5,8,11-13H2,(H,20,22)(H2,19,23,24)/t15-/m0/s1. The smallest absolute Gasteiger partial charge is 0.238 e. The number of carbonyl (C=O) groups excluding carboxylic acids is 1. The minimum Gasteiger partial charge on any atom is -0.377 e. The molecule has 2 heterocycles. The third-order valence-corrected chi connectivity index (χ3v) is 6.03. The first-order valence-electron chi connectivity index (χ1n) is 8.69. The highest BCUT2D eigenvalue weighted by Crippen LogP contribution is 2.18. The molecule has 0 aliphatic carbocycles. The number of ether oxygens (including phenoxy) is 1. The Hall–Kier alpha value is -1.78. The molecular weight excluding hydrogens is 386 g/mol. The van der Waals surface area contributed by atoms with Crippen LogP contribution in [0.2, 0.25) is 0 Å². The molecular formula is C18H23N3O4S2. The van der Waals surface area contributed by atoms with Crippen LogP contribution in [0.25, 0.3) is 0 Å². The number of nitrogens with two attached hydrogens (primary N) is 1. The van der Waals surface area contributed by atoms with Crippen LogP contribution in [0, 0.1) is 0 Å². The lowest BCUT2D eigenvalue weighted by molar-refractivity contribution is -0.117. The predicted octanol–water partition coefficient (Wildman–Crippen LogP) is 2.02. The number of hydrogen-bond donors (Lipinski definition) is 2. The molecule has 2 aromatic rings. The molecule has 1 aliphatic rings. The van der Waals surface area contributed by atoms with Crippen molar-refractivity contribution in [3.63, 3.8) is 0 Å². The molecule has 1 aliphatic heterocycles. The van der Waals surface area contributed by atoms with Gasteiger partial charge >= 0.3 is 0 Å². The predicted molar refractivity (Wildman–Crippen MR) is 105 cm³/mol. The molecule has 1 atom stereocenters. The topological polar surface area (TPSA) is 102 Å². The summed E-state index contributed by atoms with van der Waals surface area (Å²) in [7, 11) is -3.81. The number of thiophene rings is 1. The molecule has 1 aromatic heterocycles. The monoisotopic (exact) mass is 409 g/mol. The van der Waals surface area contributed by atoms with Crippen molar-refractivity contribution in [3.05, 3.63) is 46.7 Å². The van der Waals surface area contributed by atoms with Gasteiger partial charge in [0.25, 0.3) is 0 Å². The molecule has 9 heteroatoms. The first kappa shape index (κ1) is 20.0. The van der Waals surface area contributed by atoms with Gasteiger partial charge in [-0.1, -0.05) is 12.1 Å². The maximum absolute atomic E-state index is 12.5. The summed E-state index contributed by atoms with van der Waals surface area (Å²) in [5, 5.41) is 9.91. The second-order valence-corrected chi connectivity index (χ2v) is 9.10. The SMILES string of the molecule is NS(=O)(=O)c1cccc(NC(=O)CN(Cc2cccs2)C[C@@H]2CCCO2)c1. The van der Waals surface area contributed by atoms with Gasteiger partial charge in [0.05, 0.1) is 17.5 Å². The van der Waals surface area contributed by atoms with Crippen molar-refractivity contribution in [1.29, 1.82) is 0 Å². The highest BCUT2D eigenvalue weighted by Gasteiger charge is 2.21. The van der Waals surface area contributed by atoms with Crippen molar-refractivity contribution in [3.8, 4) is 0 Å². The van der Waals surface area contributed by atoms with Gasteiger partial charge < -0.3 is 10.1 Å². The van der Waals surface area contributed by atoms with Crippen molar-refractivity contribution in [1.82, 2.24) is 4.90 Å². The minimum absolute atomic E-state index is 0.0323. The van der Waals surface area contributed by atoms with Crippen LogP contribution in [-0.2, 0) is 26.1 Å². The Labute approximate surface area is 163 Å². The van der Waals surface area contributed by atoms with E-state index in [1.807, 2.05) is 17.5 Å². The number of amides is 1. The van der Waals surface area contributed by atoms with E-state index in [1.165, 1.54) is 17.0 Å². The third-order valence-electron chi connectivity index (χ3n) is 4.26. The molecule has 1 saturated heterocycles. The van der Waals surface area contributed by atoms with E-state index < -0.39 is 10.0 Å². The average molecular weight is 410 g/mol. The summed E-state index contributed by atoms with van der Waals surface area (Å²) in [5.41, 5.74) is 0.403. The molecule has 0 radical (unpaired) electrons. The Morgan fingerprint density at radius 3 is 2.85 bits per heavy atom. The van der Waals surface area contributed by atoms with Gasteiger partial charge in [0.2, 0.25) is 15.9 Å². The van der Waals surface area contributed by atoms with E-state index >= 15 is 0 Å². The van der Waals surface area contributed by atoms with E-state index in [-0.39, 0.29) is 23.5 Å².